The Balaban J connectivity index is 2.08. The summed E-state index contributed by atoms with van der Waals surface area (Å²) in [6, 6.07) is 11.2. The second kappa shape index (κ2) is 4.71. The Bertz CT molecular complexity index is 1030. The summed E-state index contributed by atoms with van der Waals surface area (Å²) in [7, 11) is 0. The first kappa shape index (κ1) is 12.6. The van der Waals surface area contributed by atoms with Crippen LogP contribution >= 0.6 is 27.3 Å². The van der Waals surface area contributed by atoms with Gasteiger partial charge in [-0.1, -0.05) is 23.4 Å². The Hall–Kier alpha value is -2.12. The summed E-state index contributed by atoms with van der Waals surface area (Å²) in [4.78, 5) is 17.7. The van der Waals surface area contributed by atoms with Crippen molar-refractivity contribution in [1.82, 2.24) is 20.0 Å². The van der Waals surface area contributed by atoms with Gasteiger partial charge >= 0.3 is 0 Å². The Kier molecular flexibility index (Phi) is 2.83. The Morgan fingerprint density at radius 3 is 2.81 bits per heavy atom. The monoisotopic (exact) mass is 358 g/mol. The molecule has 0 atom stereocenters. The molecule has 0 radical (unpaired) electrons. The predicted octanol–water partition coefficient (Wildman–Crippen LogP) is 3.15. The Labute approximate surface area is 131 Å². The number of thiophene rings is 1. The van der Waals surface area contributed by atoms with Gasteiger partial charge in [0.15, 0.2) is 0 Å². The highest BCUT2D eigenvalue weighted by atomic mass is 79.9. The maximum atomic E-state index is 12.6. The number of fused-ring (bicyclic) bond motifs is 3. The smallest absolute Gasteiger partial charge is 0.266 e. The SMILES string of the molecule is O=c1c2sc3ncc(Br)cc3c2nnn1-c1ccccc1. The number of aromatic nitrogens is 4. The maximum Gasteiger partial charge on any atom is 0.292 e. The van der Waals surface area contributed by atoms with Gasteiger partial charge in [-0.3, -0.25) is 4.79 Å². The molecule has 0 saturated heterocycles. The molecule has 5 nitrogen and oxygen atoms in total. The zero-order chi connectivity index (χ0) is 14.4. The molecule has 0 aliphatic carbocycles. The van der Waals surface area contributed by atoms with E-state index in [2.05, 4.69) is 31.2 Å². The highest BCUT2D eigenvalue weighted by molar-refractivity contribution is 9.10. The fourth-order valence-corrected chi connectivity index (χ4v) is 3.47. The largest absolute Gasteiger partial charge is 0.292 e. The molecule has 0 spiro atoms. The molecule has 4 aromatic rings. The molecule has 3 heterocycles. The number of rotatable bonds is 1. The number of hydrogen-bond donors (Lipinski definition) is 0. The van der Waals surface area contributed by atoms with Gasteiger partial charge in [-0.05, 0) is 34.1 Å². The van der Waals surface area contributed by atoms with E-state index in [0.717, 1.165) is 14.7 Å². The van der Waals surface area contributed by atoms with Gasteiger partial charge in [0.2, 0.25) is 0 Å². The molecule has 0 fully saturated rings. The second-order valence-electron chi connectivity index (χ2n) is 4.43. The van der Waals surface area contributed by atoms with Gasteiger partial charge in [0.25, 0.3) is 5.56 Å². The van der Waals surface area contributed by atoms with E-state index in [0.29, 0.717) is 15.9 Å². The predicted molar refractivity (Wildman–Crippen MR) is 86.0 cm³/mol. The summed E-state index contributed by atoms with van der Waals surface area (Å²) in [6.07, 6.45) is 1.71. The third-order valence-electron chi connectivity index (χ3n) is 3.11. The molecule has 4 rings (SSSR count). The second-order valence-corrected chi connectivity index (χ2v) is 6.34. The zero-order valence-electron chi connectivity index (χ0n) is 10.5. The summed E-state index contributed by atoms with van der Waals surface area (Å²) in [6.45, 7) is 0. The fourth-order valence-electron chi connectivity index (χ4n) is 2.15. The lowest BCUT2D eigenvalue weighted by atomic mass is 10.3. The van der Waals surface area contributed by atoms with Crippen LogP contribution in [0.1, 0.15) is 0 Å². The average Bonchev–Trinajstić information content (AvgIpc) is 2.87. The number of pyridine rings is 1. The van der Waals surface area contributed by atoms with Crippen molar-refractivity contribution in [2.45, 2.75) is 0 Å². The highest BCUT2D eigenvalue weighted by Crippen LogP contribution is 2.30. The van der Waals surface area contributed by atoms with Crippen molar-refractivity contribution in [3.8, 4) is 5.69 Å². The molecule has 0 N–H and O–H groups in total. The third kappa shape index (κ3) is 1.97. The van der Waals surface area contributed by atoms with E-state index in [1.54, 1.807) is 6.20 Å². The summed E-state index contributed by atoms with van der Waals surface area (Å²) in [5.74, 6) is 0. The van der Waals surface area contributed by atoms with Gasteiger partial charge in [0, 0.05) is 16.1 Å². The van der Waals surface area contributed by atoms with E-state index in [1.807, 2.05) is 36.4 Å². The number of benzene rings is 1. The average molecular weight is 359 g/mol. The molecular formula is C14H7BrN4OS. The first-order valence-electron chi connectivity index (χ1n) is 6.13. The van der Waals surface area contributed by atoms with Crippen LogP contribution in [0.15, 0.2) is 51.9 Å². The minimum atomic E-state index is -0.176. The fraction of sp³-hybridized carbons (Fsp3) is 0. The van der Waals surface area contributed by atoms with Crippen molar-refractivity contribution in [3.05, 3.63) is 57.4 Å². The van der Waals surface area contributed by atoms with Crippen LogP contribution in [-0.4, -0.2) is 20.0 Å². The van der Waals surface area contributed by atoms with Gasteiger partial charge in [0.05, 0.1) is 5.69 Å². The molecule has 0 bridgehead atoms. The van der Waals surface area contributed by atoms with Crippen LogP contribution in [0, 0.1) is 0 Å². The maximum absolute atomic E-state index is 12.6. The van der Waals surface area contributed by atoms with E-state index in [4.69, 9.17) is 0 Å². The number of hydrogen-bond acceptors (Lipinski definition) is 5. The van der Waals surface area contributed by atoms with E-state index < -0.39 is 0 Å². The standard InChI is InChI=1S/C14H7BrN4OS/c15-8-6-10-11-12(21-13(10)16-7-8)14(20)19(18-17-11)9-4-2-1-3-5-9/h1-7H. The number of halogens is 1. The summed E-state index contributed by atoms with van der Waals surface area (Å²) < 4.78 is 2.73. The molecule has 0 unspecified atom stereocenters. The quantitative estimate of drug-likeness (QED) is 0.524. The third-order valence-corrected chi connectivity index (χ3v) is 4.63. The molecule has 3 aromatic heterocycles. The van der Waals surface area contributed by atoms with Gasteiger partial charge in [-0.25, -0.2) is 4.98 Å². The van der Waals surface area contributed by atoms with Crippen LogP contribution in [0.4, 0.5) is 0 Å². The number of para-hydroxylation sites is 1. The minimum absolute atomic E-state index is 0.176. The van der Waals surface area contributed by atoms with Crippen molar-refractivity contribution >= 4 is 47.7 Å². The number of nitrogens with zero attached hydrogens (tertiary/aromatic N) is 4. The van der Waals surface area contributed by atoms with Crippen LogP contribution in [0.5, 0.6) is 0 Å². The first-order chi connectivity index (χ1) is 10.2. The molecule has 0 aliphatic rings. The molecule has 0 amide bonds. The summed E-state index contributed by atoms with van der Waals surface area (Å²) in [5, 5.41) is 9.10. The van der Waals surface area contributed by atoms with Gasteiger partial charge < -0.3 is 0 Å². The Morgan fingerprint density at radius 2 is 2.00 bits per heavy atom. The highest BCUT2D eigenvalue weighted by Gasteiger charge is 2.14. The van der Waals surface area contributed by atoms with Gasteiger partial charge in [-0.15, -0.1) is 16.4 Å². The topological polar surface area (TPSA) is 60.7 Å². The molecule has 102 valence electrons. The van der Waals surface area contributed by atoms with E-state index >= 15 is 0 Å². The van der Waals surface area contributed by atoms with Crippen LogP contribution in [0.3, 0.4) is 0 Å². The molecule has 0 saturated carbocycles. The van der Waals surface area contributed by atoms with Crippen LogP contribution in [0.25, 0.3) is 26.1 Å². The van der Waals surface area contributed by atoms with E-state index in [9.17, 15) is 4.79 Å². The lowest BCUT2D eigenvalue weighted by molar-refractivity contribution is 0.740. The lowest BCUT2D eigenvalue weighted by Gasteiger charge is -2.01. The van der Waals surface area contributed by atoms with Crippen LogP contribution in [-0.2, 0) is 0 Å². The van der Waals surface area contributed by atoms with Crippen LogP contribution in [0.2, 0.25) is 0 Å². The summed E-state index contributed by atoms with van der Waals surface area (Å²) >= 11 is 4.72. The zero-order valence-corrected chi connectivity index (χ0v) is 12.9. The Morgan fingerprint density at radius 1 is 1.19 bits per heavy atom. The van der Waals surface area contributed by atoms with Crippen molar-refractivity contribution in [2.75, 3.05) is 0 Å². The van der Waals surface area contributed by atoms with E-state index in [-0.39, 0.29) is 5.56 Å². The molecule has 7 heteroatoms. The van der Waals surface area contributed by atoms with Crippen molar-refractivity contribution in [2.24, 2.45) is 0 Å². The molecule has 1 aromatic carbocycles. The van der Waals surface area contributed by atoms with Crippen molar-refractivity contribution < 1.29 is 0 Å². The van der Waals surface area contributed by atoms with E-state index in [1.165, 1.54) is 16.0 Å². The molecule has 21 heavy (non-hydrogen) atoms. The van der Waals surface area contributed by atoms with Crippen molar-refractivity contribution in [1.29, 1.82) is 0 Å². The lowest BCUT2D eigenvalue weighted by Crippen LogP contribution is -2.21. The van der Waals surface area contributed by atoms with Crippen LogP contribution < -0.4 is 5.56 Å². The first-order valence-corrected chi connectivity index (χ1v) is 7.74. The summed E-state index contributed by atoms with van der Waals surface area (Å²) in [5.41, 5.74) is 1.12. The van der Waals surface area contributed by atoms with Crippen molar-refractivity contribution in [3.63, 3.8) is 0 Å². The molecule has 0 aliphatic heterocycles. The normalized spacial score (nSPS) is 11.3. The molecular weight excluding hydrogens is 352 g/mol. The minimum Gasteiger partial charge on any atom is -0.266 e. The van der Waals surface area contributed by atoms with Gasteiger partial charge in [0.1, 0.15) is 15.0 Å². The van der Waals surface area contributed by atoms with Gasteiger partial charge in [-0.2, -0.15) is 4.68 Å².